The molecular weight excluding hydrogens is 803 g/mol. The summed E-state index contributed by atoms with van der Waals surface area (Å²) in [5.74, 6) is -2.57. The molecule has 44 heavy (non-hydrogen) atoms. The number of nitrogens with zero attached hydrogens (tertiary/aromatic N) is 4. The number of hydrogen-bond acceptors (Lipinski definition) is 14. The van der Waals surface area contributed by atoms with Crippen LogP contribution in [0, 0.1) is 0 Å². The highest BCUT2D eigenvalue weighted by Gasteiger charge is 2.30. The smallest absolute Gasteiger partial charge is 0.296 e. The Morgan fingerprint density at radius 1 is 0.727 bits per heavy atom. The molecule has 22 heteroatoms. The average Bonchev–Trinajstić information content (AvgIpc) is 2.86. The largest absolute Gasteiger partial charge is 0.627 e. The van der Waals surface area contributed by atoms with Crippen molar-refractivity contribution >= 4 is 110 Å². The average molecular weight is 817 g/mol. The molecule has 0 spiro atoms. The van der Waals surface area contributed by atoms with Crippen molar-refractivity contribution < 1.29 is 55.9 Å². The highest BCUT2D eigenvalue weighted by molar-refractivity contribution is 9.11. The molecule has 0 saturated carbocycles. The Labute approximate surface area is 269 Å². The number of azo groups is 2. The Balaban J connectivity index is 2.05. The molecular formula is C22H14Br2ClN4O12PS2. The van der Waals surface area contributed by atoms with Crippen molar-refractivity contribution in [2.75, 3.05) is 0 Å². The molecule has 4 rings (SSSR count). The van der Waals surface area contributed by atoms with Gasteiger partial charge in [-0.2, -0.15) is 16.8 Å². The minimum atomic E-state index is -5.28. The first-order valence-electron chi connectivity index (χ1n) is 11.1. The summed E-state index contributed by atoms with van der Waals surface area (Å²) >= 11 is 12.0. The number of phenols is 3. The van der Waals surface area contributed by atoms with E-state index < -0.39 is 82.6 Å². The molecule has 0 aliphatic carbocycles. The van der Waals surface area contributed by atoms with E-state index in [2.05, 4.69) is 52.3 Å². The summed E-state index contributed by atoms with van der Waals surface area (Å²) in [6.07, 6.45) is 0. The van der Waals surface area contributed by atoms with Crippen LogP contribution in [0.5, 0.6) is 17.2 Å². The summed E-state index contributed by atoms with van der Waals surface area (Å²) in [5, 5.41) is 44.4. The molecule has 0 heterocycles. The summed E-state index contributed by atoms with van der Waals surface area (Å²) < 4.78 is 68.9. The predicted octanol–water partition coefficient (Wildman–Crippen LogP) is 5.19. The molecule has 4 aromatic carbocycles. The monoisotopic (exact) mass is 814 g/mol. The summed E-state index contributed by atoms with van der Waals surface area (Å²) in [5.41, 5.74) is -2.53. The van der Waals surface area contributed by atoms with Crippen LogP contribution in [0.25, 0.3) is 10.8 Å². The number of fused-ring (bicyclic) bond motifs is 1. The summed E-state index contributed by atoms with van der Waals surface area (Å²) in [6, 6.07) is 6.66. The Morgan fingerprint density at radius 2 is 1.18 bits per heavy atom. The van der Waals surface area contributed by atoms with Gasteiger partial charge in [-0.3, -0.25) is 9.11 Å². The zero-order valence-corrected chi connectivity index (χ0v) is 27.4. The third-order valence-corrected chi connectivity index (χ3v) is 9.73. The quantitative estimate of drug-likeness (QED) is 0.0721. The van der Waals surface area contributed by atoms with Gasteiger partial charge in [-0.05, 0) is 73.6 Å². The van der Waals surface area contributed by atoms with Gasteiger partial charge >= 0.3 is 0 Å². The van der Waals surface area contributed by atoms with Gasteiger partial charge in [0.2, 0.25) is 0 Å². The second-order valence-corrected chi connectivity index (χ2v) is 15.0. The van der Waals surface area contributed by atoms with Crippen molar-refractivity contribution in [3.05, 3.63) is 56.4 Å². The van der Waals surface area contributed by atoms with Crippen LogP contribution < -0.4 is 10.2 Å². The van der Waals surface area contributed by atoms with E-state index in [0.29, 0.717) is 12.1 Å². The second kappa shape index (κ2) is 12.1. The van der Waals surface area contributed by atoms with Crippen molar-refractivity contribution in [3.8, 4) is 17.2 Å². The molecule has 0 aliphatic heterocycles. The maximum Gasteiger partial charge on any atom is 0.296 e. The lowest BCUT2D eigenvalue weighted by molar-refractivity contribution is -0.203. The van der Waals surface area contributed by atoms with Crippen molar-refractivity contribution in [3.63, 3.8) is 0 Å². The van der Waals surface area contributed by atoms with E-state index in [1.54, 1.807) is 0 Å². The highest BCUT2D eigenvalue weighted by Crippen LogP contribution is 2.51. The van der Waals surface area contributed by atoms with Crippen molar-refractivity contribution in [2.24, 2.45) is 20.5 Å². The van der Waals surface area contributed by atoms with Gasteiger partial charge < -0.3 is 20.2 Å². The lowest BCUT2D eigenvalue weighted by Crippen LogP contribution is -2.21. The first-order valence-corrected chi connectivity index (χ1v) is 17.5. The Kier molecular flexibility index (Phi) is 9.38. The minimum absolute atomic E-state index is 0.0205. The molecule has 0 bridgehead atoms. The topological polar surface area (TPSA) is 282 Å². The molecule has 0 aliphatic rings. The van der Waals surface area contributed by atoms with Crippen LogP contribution in [0.1, 0.15) is 0 Å². The molecule has 4 aromatic rings. The molecule has 0 amide bonds. The summed E-state index contributed by atoms with van der Waals surface area (Å²) in [6.45, 7) is 0. The summed E-state index contributed by atoms with van der Waals surface area (Å²) in [7, 11) is -15.5. The fourth-order valence-electron chi connectivity index (χ4n) is 3.71. The van der Waals surface area contributed by atoms with E-state index in [-0.39, 0.29) is 25.4 Å². The normalized spacial score (nSPS) is 13.0. The Hall–Kier alpha value is -2.88. The minimum Gasteiger partial charge on any atom is -0.627 e. The second-order valence-electron chi connectivity index (χ2n) is 8.53. The number of rotatable bonds is 7. The number of hydrogen-bond donors (Lipinski definition) is 7. The van der Waals surface area contributed by atoms with Gasteiger partial charge in [-0.1, -0.05) is 11.6 Å². The Bertz CT molecular complexity index is 2120. The Morgan fingerprint density at radius 3 is 1.64 bits per heavy atom. The third-order valence-electron chi connectivity index (χ3n) is 5.57. The number of aromatic hydroxyl groups is 3. The van der Waals surface area contributed by atoms with Gasteiger partial charge in [0, 0.05) is 20.0 Å². The van der Waals surface area contributed by atoms with E-state index in [1.807, 2.05) is 0 Å². The number of phenolic OH excluding ortho intramolecular Hbond substituents is 3. The van der Waals surface area contributed by atoms with E-state index in [0.717, 1.165) is 12.1 Å². The predicted molar refractivity (Wildman–Crippen MR) is 161 cm³/mol. The first kappa shape index (κ1) is 34.0. The zero-order chi connectivity index (χ0) is 32.9. The lowest BCUT2D eigenvalue weighted by Gasteiger charge is -2.16. The van der Waals surface area contributed by atoms with Crippen molar-refractivity contribution in [1.82, 2.24) is 0 Å². The third kappa shape index (κ3) is 7.00. The molecule has 232 valence electrons. The highest BCUT2D eigenvalue weighted by atomic mass is 79.9. The number of benzene rings is 4. The van der Waals surface area contributed by atoms with Crippen LogP contribution in [0.2, 0.25) is 5.02 Å². The number of halogens is 3. The van der Waals surface area contributed by atoms with Crippen molar-refractivity contribution in [2.45, 2.75) is 9.79 Å². The van der Waals surface area contributed by atoms with Gasteiger partial charge in [0.25, 0.3) is 28.2 Å². The van der Waals surface area contributed by atoms with Gasteiger partial charge in [-0.25, -0.2) is 9.79 Å². The van der Waals surface area contributed by atoms with Gasteiger partial charge in [0.05, 0.1) is 5.39 Å². The molecule has 0 unspecified atom stereocenters. The van der Waals surface area contributed by atoms with Crippen LogP contribution >= 0.6 is 51.4 Å². The van der Waals surface area contributed by atoms with Crippen LogP contribution in [0.15, 0.2) is 81.7 Å². The summed E-state index contributed by atoms with van der Waals surface area (Å²) in [4.78, 5) is 28.9. The van der Waals surface area contributed by atoms with Gasteiger partial charge in [-0.15, -0.1) is 20.5 Å². The maximum absolute atomic E-state index is 12.2. The molecule has 0 saturated heterocycles. The fourth-order valence-corrected chi connectivity index (χ4v) is 7.32. The van der Waals surface area contributed by atoms with E-state index in [9.17, 15) is 55.9 Å². The molecule has 0 radical (unpaired) electrons. The van der Waals surface area contributed by atoms with Crippen LogP contribution in [0.4, 0.5) is 22.7 Å². The lowest BCUT2D eigenvalue weighted by atomic mass is 10.1. The SMILES string of the molecule is O=S(=O)(O)c1cc2cc(S(=O)(=O)O)c(N=Nc3c(Br)cc(O)cc3Br)c(O)c2c(O)c1N=Nc1ccc(Cl)cc1[P+]([O-])(O)O. The van der Waals surface area contributed by atoms with E-state index >= 15 is 0 Å². The van der Waals surface area contributed by atoms with Gasteiger partial charge in [0.15, 0.2) is 16.8 Å². The molecule has 0 fully saturated rings. The van der Waals surface area contributed by atoms with Gasteiger partial charge in [0.1, 0.15) is 38.3 Å². The van der Waals surface area contributed by atoms with Crippen LogP contribution in [0.3, 0.4) is 0 Å². The molecule has 0 aromatic heterocycles. The van der Waals surface area contributed by atoms with E-state index in [1.165, 1.54) is 18.2 Å². The fraction of sp³-hybridized carbons (Fsp3) is 0. The van der Waals surface area contributed by atoms with Crippen molar-refractivity contribution in [1.29, 1.82) is 0 Å². The molecule has 0 atom stereocenters. The first-order chi connectivity index (χ1) is 20.2. The molecule has 7 N–H and O–H groups in total. The van der Waals surface area contributed by atoms with Crippen LogP contribution in [-0.2, 0) is 20.2 Å². The standard InChI is InChI=1S/C22H14Br2ClN4O12PS2/c23-11-6-10(30)7-12(24)18(11)27-29-20-16(44(39,40)41)4-8-3-15(43(36,37)38)19(21(31)17(8)22(20)32)28-26-13-2-1-9(25)5-14(13)42(33,34)35/h1-7,30-32H,(H2,33,34,35)(H,36,37,38)(H,39,40,41). The van der Waals surface area contributed by atoms with E-state index in [4.69, 9.17) is 11.6 Å². The van der Waals surface area contributed by atoms with Crippen LogP contribution in [-0.4, -0.2) is 51.0 Å². The zero-order valence-electron chi connectivity index (χ0n) is 20.9. The maximum atomic E-state index is 12.2. The molecule has 16 nitrogen and oxygen atoms in total.